The molecule has 2 unspecified atom stereocenters. The Morgan fingerprint density at radius 1 is 0.667 bits per heavy atom. The number of benzene rings is 2. The molecule has 2 aromatic carbocycles. The predicted octanol–water partition coefficient (Wildman–Crippen LogP) is 2.68. The Morgan fingerprint density at radius 2 is 1.03 bits per heavy atom. The molecule has 2 aromatic rings. The van der Waals surface area contributed by atoms with Gasteiger partial charge in [-0.15, -0.1) is 0 Å². The zero-order valence-corrected chi connectivity index (χ0v) is 17.0. The largest absolute Gasteiger partial charge is 0.459 e. The third kappa shape index (κ3) is 7.92. The molecule has 0 radical (unpaired) electrons. The quantitative estimate of drug-likeness (QED) is 0.362. The zero-order valence-electron chi connectivity index (χ0n) is 17.0. The van der Waals surface area contributed by atoms with E-state index in [2.05, 4.69) is 0 Å². The number of ether oxygens (including phenoxy) is 6. The van der Waals surface area contributed by atoms with Gasteiger partial charge < -0.3 is 28.4 Å². The van der Waals surface area contributed by atoms with Crippen LogP contribution in [-0.2, 0) is 28.4 Å². The lowest BCUT2D eigenvalue weighted by molar-refractivity contribution is -0.177. The molecule has 0 aliphatic heterocycles. The average molecular weight is 418 g/mol. The van der Waals surface area contributed by atoms with E-state index in [0.717, 1.165) is 0 Å². The molecular weight excluding hydrogens is 392 g/mol. The second-order valence-corrected chi connectivity index (χ2v) is 6.15. The first-order chi connectivity index (χ1) is 14.7. The fourth-order valence-electron chi connectivity index (χ4n) is 2.47. The van der Waals surface area contributed by atoms with Gasteiger partial charge in [-0.1, -0.05) is 36.4 Å². The highest BCUT2D eigenvalue weighted by molar-refractivity contribution is 5.89. The lowest BCUT2D eigenvalue weighted by Gasteiger charge is -2.26. The van der Waals surface area contributed by atoms with Crippen molar-refractivity contribution in [2.24, 2.45) is 0 Å². The van der Waals surface area contributed by atoms with Crippen LogP contribution in [0.25, 0.3) is 0 Å². The van der Waals surface area contributed by atoms with Crippen LogP contribution in [0, 0.1) is 0 Å². The Labute approximate surface area is 175 Å². The summed E-state index contributed by atoms with van der Waals surface area (Å²) in [5.74, 6) is -1.01. The summed E-state index contributed by atoms with van der Waals surface area (Å²) in [5.41, 5.74) is 0.820. The number of esters is 2. The van der Waals surface area contributed by atoms with Gasteiger partial charge in [-0.05, 0) is 24.3 Å². The van der Waals surface area contributed by atoms with E-state index in [1.807, 2.05) is 0 Å². The van der Waals surface area contributed by atoms with Gasteiger partial charge in [0.15, 0.2) is 0 Å². The smallest absolute Gasteiger partial charge is 0.338 e. The molecule has 0 fully saturated rings. The molecular formula is C22H26O8. The molecule has 0 spiro atoms. The number of hydrogen-bond acceptors (Lipinski definition) is 8. The molecule has 0 amide bonds. The molecule has 0 aliphatic rings. The van der Waals surface area contributed by atoms with Crippen molar-refractivity contribution in [2.75, 3.05) is 41.0 Å². The Kier molecular flexibility index (Phi) is 10.5. The Hall–Kier alpha value is -2.78. The van der Waals surface area contributed by atoms with Crippen molar-refractivity contribution in [2.45, 2.75) is 12.2 Å². The number of carbonyl (C=O) groups excluding carboxylic acids is 2. The zero-order chi connectivity index (χ0) is 21.6. The molecule has 0 saturated heterocycles. The molecule has 8 heteroatoms. The third-order valence-corrected chi connectivity index (χ3v) is 3.99. The van der Waals surface area contributed by atoms with E-state index in [0.29, 0.717) is 11.1 Å². The van der Waals surface area contributed by atoms with Crippen molar-refractivity contribution >= 4 is 11.9 Å². The summed E-state index contributed by atoms with van der Waals surface area (Å²) in [5, 5.41) is 0. The molecule has 0 heterocycles. The molecule has 0 N–H and O–H groups in total. The van der Waals surface area contributed by atoms with Crippen molar-refractivity contribution in [1.82, 2.24) is 0 Å². The van der Waals surface area contributed by atoms with Crippen LogP contribution in [0.1, 0.15) is 20.7 Å². The topological polar surface area (TPSA) is 89.5 Å². The maximum absolute atomic E-state index is 12.3. The number of rotatable bonds is 13. The van der Waals surface area contributed by atoms with Crippen LogP contribution in [0.15, 0.2) is 60.7 Å². The van der Waals surface area contributed by atoms with Gasteiger partial charge >= 0.3 is 11.9 Å². The molecule has 0 aliphatic carbocycles. The van der Waals surface area contributed by atoms with Gasteiger partial charge in [0.05, 0.1) is 11.1 Å². The van der Waals surface area contributed by atoms with E-state index in [9.17, 15) is 9.59 Å². The lowest BCUT2D eigenvalue weighted by Crippen LogP contribution is -2.41. The Morgan fingerprint density at radius 3 is 1.37 bits per heavy atom. The highest BCUT2D eigenvalue weighted by Crippen LogP contribution is 2.11. The van der Waals surface area contributed by atoms with E-state index in [4.69, 9.17) is 28.4 Å². The first kappa shape index (κ1) is 23.5. The van der Waals surface area contributed by atoms with E-state index >= 15 is 0 Å². The summed E-state index contributed by atoms with van der Waals surface area (Å²) in [6.45, 7) is -0.386. The predicted molar refractivity (Wildman–Crippen MR) is 107 cm³/mol. The molecule has 30 heavy (non-hydrogen) atoms. The van der Waals surface area contributed by atoms with Crippen LogP contribution >= 0.6 is 0 Å². The maximum atomic E-state index is 12.3. The minimum Gasteiger partial charge on any atom is -0.459 e. The Balaban J connectivity index is 2.01. The van der Waals surface area contributed by atoms with E-state index in [1.165, 1.54) is 14.2 Å². The highest BCUT2D eigenvalue weighted by atomic mass is 16.7. The maximum Gasteiger partial charge on any atom is 0.338 e. The van der Waals surface area contributed by atoms with Gasteiger partial charge in [0.25, 0.3) is 0 Å². The first-order valence-corrected chi connectivity index (χ1v) is 9.31. The summed E-state index contributed by atoms with van der Waals surface area (Å²) < 4.78 is 31.8. The standard InChI is InChI=1S/C22H26O8/c1-25-15-29-19(13-27-21(23)17-9-5-3-6-10-17)20(30-16-26-2)14-28-22(24)18-11-7-4-8-12-18/h3-12,19-20H,13-16H2,1-2H3. The molecule has 0 aromatic heterocycles. The lowest BCUT2D eigenvalue weighted by atomic mass is 10.2. The molecule has 2 rings (SSSR count). The minimum absolute atomic E-state index is 0.0625. The second kappa shape index (κ2) is 13.4. The van der Waals surface area contributed by atoms with Crippen molar-refractivity contribution in [3.63, 3.8) is 0 Å². The van der Waals surface area contributed by atoms with Gasteiger partial charge in [0, 0.05) is 14.2 Å². The average Bonchev–Trinajstić information content (AvgIpc) is 2.80. The second-order valence-electron chi connectivity index (χ2n) is 6.15. The van der Waals surface area contributed by atoms with Gasteiger partial charge in [-0.25, -0.2) is 9.59 Å². The summed E-state index contributed by atoms with van der Waals surface area (Å²) in [6, 6.07) is 17.1. The van der Waals surface area contributed by atoms with Crippen LogP contribution in [-0.4, -0.2) is 65.2 Å². The van der Waals surface area contributed by atoms with Crippen LogP contribution in [0.3, 0.4) is 0 Å². The van der Waals surface area contributed by atoms with Gasteiger partial charge in [0.2, 0.25) is 0 Å². The van der Waals surface area contributed by atoms with Gasteiger partial charge in [0.1, 0.15) is 39.0 Å². The van der Waals surface area contributed by atoms with Crippen LogP contribution in [0.4, 0.5) is 0 Å². The normalized spacial score (nSPS) is 12.7. The number of methoxy groups -OCH3 is 2. The summed E-state index contributed by atoms with van der Waals surface area (Å²) in [7, 11) is 2.93. The third-order valence-electron chi connectivity index (χ3n) is 3.99. The van der Waals surface area contributed by atoms with Crippen LogP contribution < -0.4 is 0 Å². The number of carbonyl (C=O) groups is 2. The van der Waals surface area contributed by atoms with Crippen LogP contribution in [0.2, 0.25) is 0 Å². The van der Waals surface area contributed by atoms with Crippen molar-refractivity contribution in [3.8, 4) is 0 Å². The Bertz CT molecular complexity index is 685. The monoisotopic (exact) mass is 418 g/mol. The fourth-order valence-corrected chi connectivity index (χ4v) is 2.47. The van der Waals surface area contributed by atoms with E-state index < -0.39 is 24.1 Å². The van der Waals surface area contributed by atoms with Gasteiger partial charge in [-0.2, -0.15) is 0 Å². The summed E-state index contributed by atoms with van der Waals surface area (Å²) >= 11 is 0. The van der Waals surface area contributed by atoms with Gasteiger partial charge in [-0.3, -0.25) is 0 Å². The van der Waals surface area contributed by atoms with E-state index in [1.54, 1.807) is 60.7 Å². The van der Waals surface area contributed by atoms with Crippen molar-refractivity contribution in [1.29, 1.82) is 0 Å². The fraction of sp³-hybridized carbons (Fsp3) is 0.364. The molecule has 8 nitrogen and oxygen atoms in total. The van der Waals surface area contributed by atoms with E-state index in [-0.39, 0.29) is 26.8 Å². The van der Waals surface area contributed by atoms with Crippen molar-refractivity contribution in [3.05, 3.63) is 71.8 Å². The van der Waals surface area contributed by atoms with Crippen molar-refractivity contribution < 1.29 is 38.0 Å². The summed E-state index contributed by atoms with van der Waals surface area (Å²) in [4.78, 5) is 24.5. The summed E-state index contributed by atoms with van der Waals surface area (Å²) in [6.07, 6.45) is -1.51. The number of hydrogen-bond donors (Lipinski definition) is 0. The molecule has 0 bridgehead atoms. The molecule has 2 atom stereocenters. The first-order valence-electron chi connectivity index (χ1n) is 9.31. The minimum atomic E-state index is -0.753. The molecule has 162 valence electrons. The molecule has 0 saturated carbocycles. The SMILES string of the molecule is COCOC(COC(=O)c1ccccc1)C(COC(=O)c1ccccc1)OCOC. The highest BCUT2D eigenvalue weighted by Gasteiger charge is 2.27. The van der Waals surface area contributed by atoms with Crippen LogP contribution in [0.5, 0.6) is 0 Å².